The zero-order valence-corrected chi connectivity index (χ0v) is 16.5. The van der Waals surface area contributed by atoms with Gasteiger partial charge in [0.25, 0.3) is 0 Å². The molecule has 0 aliphatic carbocycles. The summed E-state index contributed by atoms with van der Waals surface area (Å²) in [6.45, 7) is 0. The molecule has 0 atom stereocenters. The van der Waals surface area contributed by atoms with Crippen LogP contribution in [0.2, 0.25) is 0 Å². The third kappa shape index (κ3) is 4.71. The van der Waals surface area contributed by atoms with E-state index in [0.29, 0.717) is 28.0 Å². The minimum Gasteiger partial charge on any atom is -0.381 e. The second-order valence-corrected chi connectivity index (χ2v) is 7.13. The van der Waals surface area contributed by atoms with Crippen LogP contribution in [0.3, 0.4) is 0 Å². The van der Waals surface area contributed by atoms with Crippen LogP contribution in [0.25, 0.3) is 28.3 Å². The third-order valence-corrected chi connectivity index (χ3v) is 4.72. The van der Waals surface area contributed by atoms with Crippen LogP contribution in [0.5, 0.6) is 0 Å². The van der Waals surface area contributed by atoms with Crippen molar-refractivity contribution in [3.63, 3.8) is 0 Å². The van der Waals surface area contributed by atoms with E-state index in [4.69, 9.17) is 5.73 Å². The number of anilines is 1. The summed E-state index contributed by atoms with van der Waals surface area (Å²) in [5.74, 6) is -1.23. The maximum absolute atomic E-state index is 13.3. The van der Waals surface area contributed by atoms with Crippen molar-refractivity contribution in [1.29, 1.82) is 0 Å². The molecule has 4 aromatic heterocycles. The summed E-state index contributed by atoms with van der Waals surface area (Å²) in [6, 6.07) is 5.11. The average molecular weight is 444 g/mol. The highest BCUT2D eigenvalue weighted by Crippen LogP contribution is 2.25. The largest absolute Gasteiger partial charge is 0.389 e. The fourth-order valence-corrected chi connectivity index (χ4v) is 3.17. The molecule has 0 radical (unpaired) electrons. The Labute approximate surface area is 179 Å². The number of pyridine rings is 2. The molecule has 0 unspecified atom stereocenters. The number of imidazole rings is 1. The fraction of sp³-hybridized carbons (Fsp3) is 0.190. The van der Waals surface area contributed by atoms with E-state index < -0.39 is 30.6 Å². The molecule has 0 amide bonds. The Morgan fingerprint density at radius 2 is 1.88 bits per heavy atom. The van der Waals surface area contributed by atoms with E-state index in [-0.39, 0.29) is 18.1 Å². The molecule has 0 saturated heterocycles. The van der Waals surface area contributed by atoms with Gasteiger partial charge in [-0.1, -0.05) is 0 Å². The maximum atomic E-state index is 13.3. The van der Waals surface area contributed by atoms with Gasteiger partial charge in [0.2, 0.25) is 0 Å². The van der Waals surface area contributed by atoms with Gasteiger partial charge in [-0.2, -0.15) is 13.2 Å². The number of halogens is 4. The summed E-state index contributed by atoms with van der Waals surface area (Å²) in [6.07, 6.45) is 1.13. The molecule has 32 heavy (non-hydrogen) atoms. The van der Waals surface area contributed by atoms with E-state index >= 15 is 0 Å². The lowest BCUT2D eigenvalue weighted by Crippen LogP contribution is -2.12. The fourth-order valence-electron chi connectivity index (χ4n) is 3.17. The van der Waals surface area contributed by atoms with Gasteiger partial charge in [-0.05, 0) is 23.8 Å². The first-order chi connectivity index (χ1) is 15.2. The molecule has 11 heteroatoms. The van der Waals surface area contributed by atoms with Crippen LogP contribution in [0, 0.1) is 5.82 Å². The van der Waals surface area contributed by atoms with Crippen molar-refractivity contribution in [2.24, 2.45) is 0 Å². The number of nitrogens with two attached hydrogens (primary N) is 1. The quantitative estimate of drug-likeness (QED) is 0.451. The van der Waals surface area contributed by atoms with Gasteiger partial charge in [0.1, 0.15) is 11.4 Å². The Balaban J connectivity index is 1.58. The number of carbonyl (C=O) groups excluding carboxylic acids is 1. The summed E-state index contributed by atoms with van der Waals surface area (Å²) in [5, 5.41) is 0. The molecule has 4 heterocycles. The number of ketones is 1. The standard InChI is InChI=1S/C21H16F4N6O/c22-16-10-29-20(30-19(16)26)13-2-4-31-17(11-28-18(31)7-13)14-5-12(8-27-9-14)6-15(32)1-3-21(23,24)25/h2,4-5,7-11H,1,3,6H2,(H2,26,29,30). The van der Waals surface area contributed by atoms with Crippen LogP contribution >= 0.6 is 0 Å². The lowest BCUT2D eigenvalue weighted by molar-refractivity contribution is -0.143. The minimum absolute atomic E-state index is 0.138. The van der Waals surface area contributed by atoms with Crippen LogP contribution in [0.1, 0.15) is 18.4 Å². The number of nitrogens with zero attached hydrogens (tertiary/aromatic N) is 5. The Morgan fingerprint density at radius 3 is 2.62 bits per heavy atom. The number of hydrogen-bond acceptors (Lipinski definition) is 6. The number of nitrogen functional groups attached to an aromatic ring is 1. The first-order valence-corrected chi connectivity index (χ1v) is 9.48. The highest BCUT2D eigenvalue weighted by molar-refractivity contribution is 5.81. The highest BCUT2D eigenvalue weighted by atomic mass is 19.4. The van der Waals surface area contributed by atoms with E-state index in [1.54, 1.807) is 41.2 Å². The van der Waals surface area contributed by atoms with Gasteiger partial charge >= 0.3 is 6.18 Å². The first-order valence-electron chi connectivity index (χ1n) is 9.48. The van der Waals surface area contributed by atoms with E-state index in [1.165, 1.54) is 6.20 Å². The Kier molecular flexibility index (Phi) is 5.56. The Morgan fingerprint density at radius 1 is 1.06 bits per heavy atom. The molecule has 0 spiro atoms. The Bertz CT molecular complexity index is 1300. The van der Waals surface area contributed by atoms with Crippen molar-refractivity contribution in [1.82, 2.24) is 24.3 Å². The molecule has 4 rings (SSSR count). The SMILES string of the molecule is Nc1nc(-c2ccn3c(-c4cncc(CC(=O)CCC(F)(F)F)c4)cnc3c2)ncc1F. The van der Waals surface area contributed by atoms with Crippen LogP contribution in [0.15, 0.2) is 49.2 Å². The maximum Gasteiger partial charge on any atom is 0.389 e. The second-order valence-electron chi connectivity index (χ2n) is 7.13. The molecule has 0 bridgehead atoms. The van der Waals surface area contributed by atoms with E-state index in [0.717, 1.165) is 6.20 Å². The minimum atomic E-state index is -4.37. The van der Waals surface area contributed by atoms with Crippen molar-refractivity contribution >= 4 is 17.2 Å². The number of fused-ring (bicyclic) bond motifs is 1. The highest BCUT2D eigenvalue weighted by Gasteiger charge is 2.27. The summed E-state index contributed by atoms with van der Waals surface area (Å²) in [5.41, 5.74) is 8.47. The summed E-state index contributed by atoms with van der Waals surface area (Å²) in [7, 11) is 0. The van der Waals surface area contributed by atoms with Crippen LogP contribution in [-0.4, -0.2) is 36.3 Å². The number of rotatable bonds is 6. The number of Topliss-reactive ketones (excluding diaryl/α,β-unsaturated/α-hetero) is 1. The summed E-state index contributed by atoms with van der Waals surface area (Å²) >= 11 is 0. The lowest BCUT2D eigenvalue weighted by Gasteiger charge is -2.07. The summed E-state index contributed by atoms with van der Waals surface area (Å²) in [4.78, 5) is 28.2. The second kappa shape index (κ2) is 8.33. The van der Waals surface area contributed by atoms with Gasteiger partial charge in [0.05, 0.1) is 24.5 Å². The smallest absolute Gasteiger partial charge is 0.381 e. The monoisotopic (exact) mass is 444 g/mol. The molecule has 0 saturated carbocycles. The molecule has 2 N–H and O–H groups in total. The zero-order chi connectivity index (χ0) is 22.9. The number of carbonyl (C=O) groups is 1. The number of alkyl halides is 3. The van der Waals surface area contributed by atoms with Crippen LogP contribution in [0.4, 0.5) is 23.4 Å². The van der Waals surface area contributed by atoms with E-state index in [1.807, 2.05) is 0 Å². The van der Waals surface area contributed by atoms with Crippen molar-refractivity contribution in [3.8, 4) is 22.6 Å². The predicted octanol–water partition coefficient (Wildman–Crippen LogP) is 4.03. The molecule has 0 aliphatic heterocycles. The van der Waals surface area contributed by atoms with Gasteiger partial charge in [-0.25, -0.2) is 19.3 Å². The van der Waals surface area contributed by atoms with Crippen molar-refractivity contribution in [2.75, 3.05) is 5.73 Å². The number of hydrogen-bond donors (Lipinski definition) is 1. The van der Waals surface area contributed by atoms with Crippen molar-refractivity contribution in [2.45, 2.75) is 25.4 Å². The van der Waals surface area contributed by atoms with Crippen molar-refractivity contribution in [3.05, 3.63) is 60.6 Å². The molecule has 4 aromatic rings. The zero-order valence-electron chi connectivity index (χ0n) is 16.5. The van der Waals surface area contributed by atoms with Crippen molar-refractivity contribution < 1.29 is 22.4 Å². The van der Waals surface area contributed by atoms with Gasteiger partial charge < -0.3 is 5.73 Å². The molecular weight excluding hydrogens is 428 g/mol. The summed E-state index contributed by atoms with van der Waals surface area (Å²) < 4.78 is 52.1. The van der Waals surface area contributed by atoms with Crippen LogP contribution < -0.4 is 5.73 Å². The topological polar surface area (TPSA) is 99.1 Å². The molecule has 0 fully saturated rings. The van der Waals surface area contributed by atoms with Gasteiger partial charge in [-0.3, -0.25) is 14.2 Å². The normalized spacial score (nSPS) is 11.8. The van der Waals surface area contributed by atoms with Gasteiger partial charge in [0.15, 0.2) is 17.5 Å². The van der Waals surface area contributed by atoms with E-state index in [9.17, 15) is 22.4 Å². The van der Waals surface area contributed by atoms with Gasteiger partial charge in [-0.15, -0.1) is 0 Å². The average Bonchev–Trinajstić information content (AvgIpc) is 3.17. The van der Waals surface area contributed by atoms with E-state index in [2.05, 4.69) is 19.9 Å². The molecule has 0 aromatic carbocycles. The predicted molar refractivity (Wildman–Crippen MR) is 108 cm³/mol. The first kappa shape index (κ1) is 21.3. The molecule has 7 nitrogen and oxygen atoms in total. The number of aromatic nitrogens is 5. The Hall–Kier alpha value is -3.89. The lowest BCUT2D eigenvalue weighted by atomic mass is 10.0. The third-order valence-electron chi connectivity index (χ3n) is 4.72. The molecular formula is C21H16F4N6O. The molecule has 0 aliphatic rings. The van der Waals surface area contributed by atoms with Gasteiger partial charge in [0, 0.05) is 42.6 Å². The molecule has 164 valence electrons. The van der Waals surface area contributed by atoms with Crippen LogP contribution in [-0.2, 0) is 11.2 Å².